The van der Waals surface area contributed by atoms with Gasteiger partial charge in [-0.3, -0.25) is 4.79 Å². The van der Waals surface area contributed by atoms with Crippen LogP contribution < -0.4 is 4.74 Å². The van der Waals surface area contributed by atoms with Crippen molar-refractivity contribution >= 4 is 5.78 Å². The molecular formula is C16H18N2O2. The zero-order chi connectivity index (χ0) is 14.3. The number of hydrogen-bond acceptors (Lipinski definition) is 3. The van der Waals surface area contributed by atoms with Crippen molar-refractivity contribution in [3.05, 3.63) is 42.0 Å². The quantitative estimate of drug-likeness (QED) is 0.842. The summed E-state index contributed by atoms with van der Waals surface area (Å²) >= 11 is 0. The summed E-state index contributed by atoms with van der Waals surface area (Å²) < 4.78 is 7.18. The number of ether oxygens (including phenoxy) is 1. The van der Waals surface area contributed by atoms with Gasteiger partial charge in [-0.2, -0.15) is 0 Å². The minimum Gasteiger partial charge on any atom is -0.497 e. The first kappa shape index (κ1) is 12.9. The van der Waals surface area contributed by atoms with Gasteiger partial charge in [0.1, 0.15) is 17.8 Å². The predicted molar refractivity (Wildman–Crippen MR) is 76.5 cm³/mol. The first-order valence-electron chi connectivity index (χ1n) is 6.74. The largest absolute Gasteiger partial charge is 0.497 e. The van der Waals surface area contributed by atoms with Crippen LogP contribution in [0.15, 0.2) is 30.6 Å². The van der Waals surface area contributed by atoms with E-state index in [1.165, 1.54) is 0 Å². The second-order valence-corrected chi connectivity index (χ2v) is 6.05. The zero-order valence-electron chi connectivity index (χ0n) is 12.0. The van der Waals surface area contributed by atoms with E-state index in [0.717, 1.165) is 23.6 Å². The minimum atomic E-state index is -0.00562. The molecular weight excluding hydrogens is 252 g/mol. The van der Waals surface area contributed by atoms with Crippen LogP contribution in [0.25, 0.3) is 5.69 Å². The number of carbonyl (C=O) groups is 1. The van der Waals surface area contributed by atoms with E-state index in [0.29, 0.717) is 12.1 Å². The number of benzene rings is 1. The van der Waals surface area contributed by atoms with Crippen LogP contribution in [0.2, 0.25) is 0 Å². The van der Waals surface area contributed by atoms with Gasteiger partial charge in [-0.15, -0.1) is 0 Å². The third-order valence-corrected chi connectivity index (χ3v) is 3.77. The molecule has 1 aliphatic rings. The summed E-state index contributed by atoms with van der Waals surface area (Å²) in [4.78, 5) is 16.5. The lowest BCUT2D eigenvalue weighted by Gasteiger charge is -2.28. The van der Waals surface area contributed by atoms with Crippen molar-refractivity contribution in [2.24, 2.45) is 5.41 Å². The fourth-order valence-electron chi connectivity index (χ4n) is 2.78. The predicted octanol–water partition coefficient (Wildman–Crippen LogP) is 3.04. The number of imidazole rings is 1. The fourth-order valence-corrected chi connectivity index (χ4v) is 2.78. The molecule has 0 unspecified atom stereocenters. The second-order valence-electron chi connectivity index (χ2n) is 6.05. The molecule has 1 aromatic heterocycles. The van der Waals surface area contributed by atoms with E-state index in [1.807, 2.05) is 28.8 Å². The normalized spacial score (nSPS) is 16.9. The Hall–Kier alpha value is -2.10. The maximum absolute atomic E-state index is 12.2. The number of carbonyl (C=O) groups excluding carboxylic acids is 1. The molecule has 1 aromatic carbocycles. The molecule has 0 bridgehead atoms. The molecule has 3 rings (SSSR count). The monoisotopic (exact) mass is 270 g/mol. The van der Waals surface area contributed by atoms with Crippen molar-refractivity contribution < 1.29 is 9.53 Å². The highest BCUT2D eigenvalue weighted by Crippen LogP contribution is 2.35. The summed E-state index contributed by atoms with van der Waals surface area (Å²) in [6.07, 6.45) is 3.17. The summed E-state index contributed by atoms with van der Waals surface area (Å²) in [5.41, 5.74) is 2.63. The van der Waals surface area contributed by atoms with Crippen molar-refractivity contribution in [2.75, 3.05) is 7.11 Å². The van der Waals surface area contributed by atoms with Crippen molar-refractivity contribution in [3.63, 3.8) is 0 Å². The van der Waals surface area contributed by atoms with Crippen LogP contribution in [0.5, 0.6) is 5.75 Å². The topological polar surface area (TPSA) is 44.1 Å². The number of methoxy groups -OCH3 is 1. The highest BCUT2D eigenvalue weighted by Gasteiger charge is 2.34. The lowest BCUT2D eigenvalue weighted by atomic mass is 9.77. The van der Waals surface area contributed by atoms with Gasteiger partial charge in [-0.1, -0.05) is 13.8 Å². The summed E-state index contributed by atoms with van der Waals surface area (Å²) in [6.45, 7) is 4.25. The molecule has 104 valence electrons. The zero-order valence-corrected chi connectivity index (χ0v) is 12.0. The molecule has 1 aliphatic carbocycles. The number of aromatic nitrogens is 2. The van der Waals surface area contributed by atoms with E-state index in [9.17, 15) is 4.79 Å². The van der Waals surface area contributed by atoms with E-state index in [1.54, 1.807) is 13.4 Å². The van der Waals surface area contributed by atoms with E-state index >= 15 is 0 Å². The van der Waals surface area contributed by atoms with Gasteiger partial charge in [-0.05, 0) is 36.1 Å². The van der Waals surface area contributed by atoms with Crippen LogP contribution in [0, 0.1) is 5.41 Å². The molecule has 2 aromatic rings. The van der Waals surface area contributed by atoms with E-state index in [4.69, 9.17) is 4.74 Å². The van der Waals surface area contributed by atoms with E-state index in [-0.39, 0.29) is 11.2 Å². The van der Waals surface area contributed by atoms with Gasteiger partial charge >= 0.3 is 0 Å². The number of hydrogen-bond donors (Lipinski definition) is 0. The van der Waals surface area contributed by atoms with Crippen LogP contribution in [-0.4, -0.2) is 22.4 Å². The number of fused-ring (bicyclic) bond motifs is 1. The maximum Gasteiger partial charge on any atom is 0.183 e. The van der Waals surface area contributed by atoms with Crippen LogP contribution >= 0.6 is 0 Å². The van der Waals surface area contributed by atoms with Gasteiger partial charge in [0.15, 0.2) is 5.78 Å². The SMILES string of the molecule is COc1ccc(-n2cnc3c2CC(C)(C)CC3=O)cc1. The number of Topliss-reactive ketones (excluding diaryl/α,β-unsaturated/α-hetero) is 1. The van der Waals surface area contributed by atoms with Crippen LogP contribution in [0.1, 0.15) is 36.5 Å². The van der Waals surface area contributed by atoms with Gasteiger partial charge in [0.25, 0.3) is 0 Å². The molecule has 0 radical (unpaired) electrons. The summed E-state index contributed by atoms with van der Waals surface area (Å²) in [5.74, 6) is 0.961. The molecule has 20 heavy (non-hydrogen) atoms. The summed E-state index contributed by atoms with van der Waals surface area (Å²) in [5, 5.41) is 0. The second kappa shape index (κ2) is 4.47. The highest BCUT2D eigenvalue weighted by molar-refractivity contribution is 5.97. The Kier molecular flexibility index (Phi) is 2.89. The number of ketones is 1. The van der Waals surface area contributed by atoms with Crippen molar-refractivity contribution in [1.29, 1.82) is 0 Å². The first-order valence-corrected chi connectivity index (χ1v) is 6.74. The minimum absolute atomic E-state index is 0.00562. The maximum atomic E-state index is 12.2. The Morgan fingerprint density at radius 2 is 1.90 bits per heavy atom. The molecule has 4 nitrogen and oxygen atoms in total. The lowest BCUT2D eigenvalue weighted by Crippen LogP contribution is -2.28. The molecule has 0 N–H and O–H groups in total. The van der Waals surface area contributed by atoms with Crippen molar-refractivity contribution in [1.82, 2.24) is 9.55 Å². The average Bonchev–Trinajstić information content (AvgIpc) is 2.81. The van der Waals surface area contributed by atoms with Gasteiger partial charge < -0.3 is 9.30 Å². The molecule has 0 saturated heterocycles. The molecule has 4 heteroatoms. The lowest BCUT2D eigenvalue weighted by molar-refractivity contribution is 0.0905. The third-order valence-electron chi connectivity index (χ3n) is 3.77. The van der Waals surface area contributed by atoms with Crippen LogP contribution in [-0.2, 0) is 6.42 Å². The highest BCUT2D eigenvalue weighted by atomic mass is 16.5. The Morgan fingerprint density at radius 1 is 1.20 bits per heavy atom. The molecule has 0 saturated carbocycles. The van der Waals surface area contributed by atoms with Gasteiger partial charge in [0.2, 0.25) is 0 Å². The Morgan fingerprint density at radius 3 is 2.55 bits per heavy atom. The Bertz CT molecular complexity index is 654. The van der Waals surface area contributed by atoms with Gasteiger partial charge in [0, 0.05) is 12.1 Å². The van der Waals surface area contributed by atoms with Crippen LogP contribution in [0.3, 0.4) is 0 Å². The molecule has 0 amide bonds. The summed E-state index contributed by atoms with van der Waals surface area (Å²) in [7, 11) is 1.65. The third kappa shape index (κ3) is 2.11. The smallest absolute Gasteiger partial charge is 0.183 e. The summed E-state index contributed by atoms with van der Waals surface area (Å²) in [6, 6.07) is 7.79. The molecule has 0 atom stereocenters. The molecule has 1 heterocycles. The first-order chi connectivity index (χ1) is 9.50. The van der Waals surface area contributed by atoms with Crippen molar-refractivity contribution in [2.45, 2.75) is 26.7 Å². The number of nitrogens with zero attached hydrogens (tertiary/aromatic N) is 2. The fraction of sp³-hybridized carbons (Fsp3) is 0.375. The van der Waals surface area contributed by atoms with Crippen molar-refractivity contribution in [3.8, 4) is 11.4 Å². The van der Waals surface area contributed by atoms with E-state index in [2.05, 4.69) is 18.8 Å². The average molecular weight is 270 g/mol. The van der Waals surface area contributed by atoms with Gasteiger partial charge in [-0.25, -0.2) is 4.98 Å². The molecule has 0 aliphatic heterocycles. The number of rotatable bonds is 2. The van der Waals surface area contributed by atoms with E-state index < -0.39 is 0 Å². The Labute approximate surface area is 118 Å². The van der Waals surface area contributed by atoms with Gasteiger partial charge in [0.05, 0.1) is 12.8 Å². The standard InChI is InChI=1S/C16H18N2O2/c1-16(2)8-13-15(14(19)9-16)17-10-18(13)11-4-6-12(20-3)7-5-11/h4-7,10H,8-9H2,1-3H3. The Balaban J connectivity index is 2.05. The van der Waals surface area contributed by atoms with Crippen LogP contribution in [0.4, 0.5) is 0 Å². The molecule has 0 spiro atoms. The molecule has 0 fully saturated rings.